The first-order valence-corrected chi connectivity index (χ1v) is 26.2. The molecule has 80 heavy (non-hydrogen) atoms. The topological polar surface area (TPSA) is 158 Å². The van der Waals surface area contributed by atoms with Crippen LogP contribution in [0.5, 0.6) is 63.2 Å². The quantitative estimate of drug-likeness (QED) is 0.0704. The summed E-state index contributed by atoms with van der Waals surface area (Å²) >= 11 is 0. The minimum absolute atomic E-state index is 0.0255. The Morgan fingerprint density at radius 3 is 1.05 bits per heavy atom. The van der Waals surface area contributed by atoms with Crippen molar-refractivity contribution < 1.29 is 46.7 Å². The molecule has 0 spiro atoms. The fourth-order valence-corrected chi connectivity index (χ4v) is 9.17. The Morgan fingerprint density at radius 1 is 0.375 bits per heavy atom. The van der Waals surface area contributed by atoms with Gasteiger partial charge in [-0.1, -0.05) is 42.0 Å². The second-order valence-electron chi connectivity index (χ2n) is 19.3. The highest BCUT2D eigenvalue weighted by atomic mass is 16.6. The number of methoxy groups -OCH3 is 1. The Bertz CT molecular complexity index is 3890. The number of hydrogen-bond donors (Lipinski definition) is 0. The molecule has 10 aromatic rings. The maximum absolute atomic E-state index is 6.49. The highest BCUT2D eigenvalue weighted by Gasteiger charge is 2.40. The molecule has 0 N–H and O–H groups in total. The van der Waals surface area contributed by atoms with Gasteiger partial charge in [0.05, 0.1) is 19.3 Å². The van der Waals surface area contributed by atoms with Crippen molar-refractivity contribution in [1.29, 1.82) is 0 Å². The lowest BCUT2D eigenvalue weighted by atomic mass is 10.1. The Balaban J connectivity index is 0.681. The summed E-state index contributed by atoms with van der Waals surface area (Å²) in [6.07, 6.45) is 7.66. The summed E-state index contributed by atoms with van der Waals surface area (Å²) in [5.41, 5.74) is 7.83. The van der Waals surface area contributed by atoms with Gasteiger partial charge in [-0.3, -0.25) is 0 Å². The summed E-state index contributed by atoms with van der Waals surface area (Å²) in [4.78, 5) is 0. The molecular weight excluding hydrogens is 1010 g/mol. The van der Waals surface area contributed by atoms with Crippen LogP contribution in [0.3, 0.4) is 0 Å². The minimum atomic E-state index is -0.148. The third kappa shape index (κ3) is 11.4. The highest BCUT2D eigenvalue weighted by molar-refractivity contribution is 5.65. The van der Waals surface area contributed by atoms with E-state index in [0.29, 0.717) is 81.1 Å². The predicted octanol–water partition coefficient (Wildman–Crippen LogP) is 17.4. The first kappa shape index (κ1) is 51.0. The van der Waals surface area contributed by atoms with Crippen LogP contribution in [0.1, 0.15) is 67.7 Å². The van der Waals surface area contributed by atoms with E-state index in [1.54, 1.807) is 7.11 Å². The molecular formula is C66H54N4O10. The lowest BCUT2D eigenvalue weighted by molar-refractivity contribution is 0.375. The van der Waals surface area contributed by atoms with E-state index >= 15 is 0 Å². The third-order valence-electron chi connectivity index (χ3n) is 13.5. The molecule has 0 saturated carbocycles. The van der Waals surface area contributed by atoms with Gasteiger partial charge >= 0.3 is 0 Å². The fourth-order valence-electron chi connectivity index (χ4n) is 9.17. The average Bonchev–Trinajstić information content (AvgIpc) is 4.30. The molecule has 14 heteroatoms. The van der Waals surface area contributed by atoms with Crippen LogP contribution >= 0.6 is 0 Å². The molecule has 14 nitrogen and oxygen atoms in total. The maximum Gasteiger partial charge on any atom is 0.248 e. The van der Waals surface area contributed by atoms with E-state index < -0.39 is 0 Å². The summed E-state index contributed by atoms with van der Waals surface area (Å²) in [7, 11) is 1.65. The summed E-state index contributed by atoms with van der Waals surface area (Å²) in [5.74, 6) is 8.95. The highest BCUT2D eigenvalue weighted by Crippen LogP contribution is 2.48. The van der Waals surface area contributed by atoms with Crippen molar-refractivity contribution in [2.24, 2.45) is 0 Å². The lowest BCUT2D eigenvalue weighted by Crippen LogP contribution is -1.96. The molecule has 0 amide bonds. The van der Waals surface area contributed by atoms with Gasteiger partial charge in [-0.25, -0.2) is 0 Å². The van der Waals surface area contributed by atoms with Crippen molar-refractivity contribution in [3.8, 4) is 109 Å². The summed E-state index contributed by atoms with van der Waals surface area (Å²) in [6, 6.07) is 53.5. The average molecular weight is 1060 g/mol. The number of ether oxygens (including phenoxy) is 8. The van der Waals surface area contributed by atoms with E-state index in [-0.39, 0.29) is 24.4 Å². The number of benzene rings is 8. The molecule has 2 aliphatic heterocycles. The molecule has 398 valence electrons. The molecule has 2 aromatic heterocycles. The zero-order chi connectivity index (χ0) is 54.7. The van der Waals surface area contributed by atoms with Crippen molar-refractivity contribution in [3.05, 3.63) is 210 Å². The molecule has 0 radical (unpaired) electrons. The smallest absolute Gasteiger partial charge is 0.248 e. The summed E-state index contributed by atoms with van der Waals surface area (Å²) < 4.78 is 61.5. The summed E-state index contributed by atoms with van der Waals surface area (Å²) in [5, 5.41) is 17.2. The molecule has 4 atom stereocenters. The van der Waals surface area contributed by atoms with Crippen molar-refractivity contribution in [2.45, 2.75) is 59.0 Å². The van der Waals surface area contributed by atoms with Crippen LogP contribution < -0.4 is 28.4 Å². The SMILES string of the molecule is C/C=C/c1cc(Oc2ccc(Oc3ccc(-c4nnc(-c5ccc(Oc6ccc(Oc7ccc(Oc8ccc(-c9nnc(-c%10ccc(C)cc%10)o9)cc8)c(C8OC8C)c7)cc6C6OC6C)cc5)o4)cc3)c(/C=C/C)c2)ccc1OC. The zero-order valence-electron chi connectivity index (χ0n) is 44.7. The number of nitrogens with zero attached hydrogens (tertiary/aromatic N) is 4. The van der Waals surface area contributed by atoms with Gasteiger partial charge < -0.3 is 46.7 Å². The number of epoxide rings is 2. The van der Waals surface area contributed by atoms with E-state index in [4.69, 9.17) is 46.7 Å². The Kier molecular flexibility index (Phi) is 14.2. The number of allylic oxidation sites excluding steroid dienone is 2. The molecule has 2 fully saturated rings. The number of aromatic nitrogens is 4. The van der Waals surface area contributed by atoms with Crippen LogP contribution in [-0.4, -0.2) is 39.7 Å². The Labute approximate surface area is 462 Å². The van der Waals surface area contributed by atoms with Crippen LogP contribution in [0.4, 0.5) is 0 Å². The van der Waals surface area contributed by atoms with E-state index in [0.717, 1.165) is 55.8 Å². The van der Waals surface area contributed by atoms with E-state index in [9.17, 15) is 0 Å². The number of rotatable bonds is 19. The molecule has 8 aromatic carbocycles. The second kappa shape index (κ2) is 22.3. The van der Waals surface area contributed by atoms with E-state index in [1.165, 1.54) is 0 Å². The molecule has 0 bridgehead atoms. The Morgan fingerprint density at radius 2 is 0.688 bits per heavy atom. The second-order valence-corrected chi connectivity index (χ2v) is 19.3. The van der Waals surface area contributed by atoms with Crippen molar-refractivity contribution in [2.75, 3.05) is 7.11 Å². The molecule has 12 rings (SSSR count). The van der Waals surface area contributed by atoms with Crippen molar-refractivity contribution in [3.63, 3.8) is 0 Å². The van der Waals surface area contributed by atoms with E-state index in [1.807, 2.05) is 229 Å². The van der Waals surface area contributed by atoms with Gasteiger partial charge in [0.15, 0.2) is 0 Å². The minimum Gasteiger partial charge on any atom is -0.496 e. The van der Waals surface area contributed by atoms with Gasteiger partial charge in [-0.2, -0.15) is 0 Å². The van der Waals surface area contributed by atoms with Crippen LogP contribution in [-0.2, 0) is 9.47 Å². The van der Waals surface area contributed by atoms with Gasteiger partial charge in [0, 0.05) is 44.5 Å². The standard InChI is InChI=1S/C66H54N4O10/c1-7-9-46-35-51(27-31-57(46)71-6)74-52-28-32-58(47(36-52)10-8-2)76-48-21-15-43(16-22-48)65-69-70-66(80-65)45-19-25-50(26-20-45)78-60-34-30-54(38-56(60)62-41(5)73-62)75-53-29-33-59(55(37-53)61-40(4)72-61)77-49-23-17-44(18-24-49)64-68-67-63(79-64)42-13-11-39(3)12-14-42/h7-38,40-41,61-62H,1-6H3/b9-7+,10-8+. The monoisotopic (exact) mass is 1060 g/mol. The number of hydrogen-bond acceptors (Lipinski definition) is 14. The first-order chi connectivity index (χ1) is 39.1. The van der Waals surface area contributed by atoms with Crippen molar-refractivity contribution >= 4 is 12.2 Å². The van der Waals surface area contributed by atoms with Crippen LogP contribution in [0.15, 0.2) is 191 Å². The molecule has 0 aliphatic carbocycles. The third-order valence-corrected chi connectivity index (χ3v) is 13.5. The van der Waals surface area contributed by atoms with Crippen molar-refractivity contribution in [1.82, 2.24) is 20.4 Å². The maximum atomic E-state index is 6.49. The molecule has 2 saturated heterocycles. The zero-order valence-corrected chi connectivity index (χ0v) is 44.7. The normalized spacial score (nSPS) is 16.4. The summed E-state index contributed by atoms with van der Waals surface area (Å²) in [6.45, 7) is 10.0. The molecule has 4 heterocycles. The molecule has 2 aliphatic rings. The largest absolute Gasteiger partial charge is 0.496 e. The van der Waals surface area contributed by atoms with Gasteiger partial charge in [0.25, 0.3) is 0 Å². The predicted molar refractivity (Wildman–Crippen MR) is 304 cm³/mol. The fraction of sp³-hybridized carbons (Fsp3) is 0.152. The molecule has 4 unspecified atom stereocenters. The van der Waals surface area contributed by atoms with Gasteiger partial charge in [-0.05, 0) is 192 Å². The number of aryl methyl sites for hydroxylation is 1. The van der Waals surface area contributed by atoms with Crippen LogP contribution in [0, 0.1) is 6.92 Å². The van der Waals surface area contributed by atoms with Gasteiger partial charge in [0.2, 0.25) is 23.6 Å². The van der Waals surface area contributed by atoms with Gasteiger partial charge in [0.1, 0.15) is 75.5 Å². The van der Waals surface area contributed by atoms with Crippen LogP contribution in [0.2, 0.25) is 0 Å². The first-order valence-electron chi connectivity index (χ1n) is 26.2. The Hall–Kier alpha value is -9.76. The lowest BCUT2D eigenvalue weighted by Gasteiger charge is -2.15. The van der Waals surface area contributed by atoms with E-state index in [2.05, 4.69) is 20.4 Å². The van der Waals surface area contributed by atoms with Gasteiger partial charge in [-0.15, -0.1) is 20.4 Å². The van der Waals surface area contributed by atoms with Crippen LogP contribution in [0.25, 0.3) is 58.0 Å².